The summed E-state index contributed by atoms with van der Waals surface area (Å²) in [6.07, 6.45) is 0. The van der Waals surface area contributed by atoms with Crippen molar-refractivity contribution in [1.82, 2.24) is 14.7 Å². The molecule has 0 aliphatic rings. The van der Waals surface area contributed by atoms with Crippen molar-refractivity contribution in [2.24, 2.45) is 5.41 Å². The predicted octanol–water partition coefficient (Wildman–Crippen LogP) is 4.16. The SMILES string of the molecule is COCCN(CC(=O)Nc1cc(C(C)(C)C)nn1-c1ccc(C)cc1)C(=O)C(C)(C)CCl. The highest BCUT2D eigenvalue weighted by atomic mass is 35.5. The molecule has 176 valence electrons. The van der Waals surface area contributed by atoms with Gasteiger partial charge in [0.25, 0.3) is 0 Å². The van der Waals surface area contributed by atoms with Gasteiger partial charge in [-0.3, -0.25) is 9.59 Å². The van der Waals surface area contributed by atoms with Gasteiger partial charge in [0.1, 0.15) is 12.4 Å². The Labute approximate surface area is 196 Å². The fraction of sp³-hybridized carbons (Fsp3) is 0.542. The molecule has 0 spiro atoms. The summed E-state index contributed by atoms with van der Waals surface area (Å²) in [5, 5.41) is 7.68. The zero-order valence-electron chi connectivity index (χ0n) is 20.2. The van der Waals surface area contributed by atoms with Gasteiger partial charge in [-0.05, 0) is 32.9 Å². The fourth-order valence-electron chi connectivity index (χ4n) is 3.01. The number of carbonyl (C=O) groups is 2. The van der Waals surface area contributed by atoms with Crippen molar-refractivity contribution in [3.8, 4) is 5.69 Å². The molecular formula is C24H35ClN4O3. The zero-order valence-corrected chi connectivity index (χ0v) is 20.9. The summed E-state index contributed by atoms with van der Waals surface area (Å²) in [4.78, 5) is 27.4. The number of alkyl halides is 1. The minimum absolute atomic E-state index is 0.105. The van der Waals surface area contributed by atoms with E-state index in [1.54, 1.807) is 25.6 Å². The number of nitrogens with one attached hydrogen (secondary N) is 1. The molecule has 0 fully saturated rings. The van der Waals surface area contributed by atoms with Gasteiger partial charge in [0.15, 0.2) is 0 Å². The number of benzene rings is 1. The Hall–Kier alpha value is -2.38. The van der Waals surface area contributed by atoms with Crippen molar-refractivity contribution in [1.29, 1.82) is 0 Å². The molecule has 0 atom stereocenters. The van der Waals surface area contributed by atoms with Crippen LogP contribution in [0.4, 0.5) is 5.82 Å². The molecule has 32 heavy (non-hydrogen) atoms. The largest absolute Gasteiger partial charge is 0.383 e. The molecule has 0 saturated carbocycles. The third-order valence-corrected chi connectivity index (χ3v) is 5.79. The number of amides is 2. The lowest BCUT2D eigenvalue weighted by molar-refractivity contribution is -0.142. The second-order valence-electron chi connectivity index (χ2n) is 9.70. The summed E-state index contributed by atoms with van der Waals surface area (Å²) in [7, 11) is 1.56. The molecule has 0 aliphatic heterocycles. The van der Waals surface area contributed by atoms with Crippen LogP contribution in [0, 0.1) is 12.3 Å². The van der Waals surface area contributed by atoms with Gasteiger partial charge in [-0.2, -0.15) is 5.10 Å². The van der Waals surface area contributed by atoms with E-state index < -0.39 is 5.41 Å². The smallest absolute Gasteiger partial charge is 0.245 e. The topological polar surface area (TPSA) is 76.5 Å². The molecule has 7 nitrogen and oxygen atoms in total. The number of halogens is 1. The number of methoxy groups -OCH3 is 1. The maximum absolute atomic E-state index is 13.0. The van der Waals surface area contributed by atoms with Crippen LogP contribution >= 0.6 is 11.6 Å². The van der Waals surface area contributed by atoms with E-state index in [1.807, 2.05) is 37.3 Å². The van der Waals surface area contributed by atoms with Crippen LogP contribution in [-0.2, 0) is 19.7 Å². The number of anilines is 1. The third-order valence-electron chi connectivity index (χ3n) is 5.12. The standard InChI is InChI=1S/C24H35ClN4O3/c1-17-8-10-18(11-9-17)29-20(14-19(27-29)23(2,3)4)26-21(30)15-28(12-13-32-7)22(31)24(5,6)16-25/h8-11,14H,12-13,15-16H2,1-7H3,(H,26,30). The highest BCUT2D eigenvalue weighted by Crippen LogP contribution is 2.27. The first-order chi connectivity index (χ1) is 14.9. The minimum atomic E-state index is -0.779. The van der Waals surface area contributed by atoms with Gasteiger partial charge >= 0.3 is 0 Å². The van der Waals surface area contributed by atoms with Gasteiger partial charge in [0.05, 0.1) is 23.4 Å². The summed E-state index contributed by atoms with van der Waals surface area (Å²) in [5.41, 5.74) is 1.86. The third kappa shape index (κ3) is 6.56. The zero-order chi connectivity index (χ0) is 24.1. The molecule has 2 amide bonds. The number of nitrogens with zero attached hydrogens (tertiary/aromatic N) is 3. The van der Waals surface area contributed by atoms with Gasteiger partial charge in [-0.1, -0.05) is 38.5 Å². The summed E-state index contributed by atoms with van der Waals surface area (Å²) in [6, 6.07) is 9.79. The Kier molecular flexibility index (Phi) is 8.48. The Morgan fingerprint density at radius 2 is 1.78 bits per heavy atom. The van der Waals surface area contributed by atoms with Gasteiger partial charge in [0, 0.05) is 31.0 Å². The Balaban J connectivity index is 2.31. The Morgan fingerprint density at radius 3 is 2.31 bits per heavy atom. The molecule has 2 aromatic rings. The first-order valence-corrected chi connectivity index (χ1v) is 11.2. The monoisotopic (exact) mass is 462 g/mol. The second-order valence-corrected chi connectivity index (χ2v) is 9.96. The van der Waals surface area contributed by atoms with Crippen LogP contribution < -0.4 is 5.32 Å². The normalized spacial score (nSPS) is 12.0. The van der Waals surface area contributed by atoms with Gasteiger partial charge in [-0.25, -0.2) is 4.68 Å². The van der Waals surface area contributed by atoms with Gasteiger partial charge in [-0.15, -0.1) is 11.6 Å². The van der Waals surface area contributed by atoms with E-state index in [4.69, 9.17) is 21.4 Å². The molecular weight excluding hydrogens is 428 g/mol. The van der Waals surface area contributed by atoms with E-state index in [0.717, 1.165) is 16.9 Å². The molecule has 2 rings (SSSR count). The fourth-order valence-corrected chi connectivity index (χ4v) is 3.13. The predicted molar refractivity (Wildman–Crippen MR) is 129 cm³/mol. The van der Waals surface area contributed by atoms with Crippen LogP contribution in [0.5, 0.6) is 0 Å². The summed E-state index contributed by atoms with van der Waals surface area (Å²) >= 11 is 5.99. The van der Waals surface area contributed by atoms with Crippen LogP contribution in [0.1, 0.15) is 45.9 Å². The average Bonchev–Trinajstić information content (AvgIpc) is 3.15. The quantitative estimate of drug-likeness (QED) is 0.568. The number of carbonyl (C=O) groups excluding carboxylic acids is 2. The van der Waals surface area contributed by atoms with E-state index in [9.17, 15) is 9.59 Å². The van der Waals surface area contributed by atoms with Crippen LogP contribution in [0.15, 0.2) is 30.3 Å². The highest BCUT2D eigenvalue weighted by molar-refractivity contribution is 6.19. The van der Waals surface area contributed by atoms with Gasteiger partial charge in [0.2, 0.25) is 11.8 Å². The van der Waals surface area contributed by atoms with Crippen molar-refractivity contribution in [2.45, 2.75) is 47.0 Å². The van der Waals surface area contributed by atoms with Crippen molar-refractivity contribution < 1.29 is 14.3 Å². The van der Waals surface area contributed by atoms with Crippen molar-refractivity contribution in [3.63, 3.8) is 0 Å². The number of rotatable bonds is 9. The molecule has 0 radical (unpaired) electrons. The first-order valence-electron chi connectivity index (χ1n) is 10.7. The highest BCUT2D eigenvalue weighted by Gasteiger charge is 2.32. The number of aryl methyl sites for hydroxylation is 1. The van der Waals surface area contributed by atoms with Crippen molar-refractivity contribution >= 4 is 29.2 Å². The van der Waals surface area contributed by atoms with E-state index in [2.05, 4.69) is 26.1 Å². The molecule has 1 heterocycles. The number of ether oxygens (including phenoxy) is 1. The Bertz CT molecular complexity index is 930. The van der Waals surface area contributed by atoms with E-state index >= 15 is 0 Å². The lowest BCUT2D eigenvalue weighted by Gasteiger charge is -2.30. The Morgan fingerprint density at radius 1 is 1.16 bits per heavy atom. The van der Waals surface area contributed by atoms with Crippen LogP contribution in [0.25, 0.3) is 5.69 Å². The minimum Gasteiger partial charge on any atom is -0.383 e. The molecule has 0 saturated heterocycles. The number of aromatic nitrogens is 2. The maximum Gasteiger partial charge on any atom is 0.245 e. The molecule has 1 N–H and O–H groups in total. The van der Waals surface area contributed by atoms with Crippen LogP contribution in [0.2, 0.25) is 0 Å². The van der Waals surface area contributed by atoms with E-state index in [0.29, 0.717) is 19.0 Å². The van der Waals surface area contributed by atoms with E-state index in [1.165, 1.54) is 4.90 Å². The number of hydrogen-bond donors (Lipinski definition) is 1. The lowest BCUT2D eigenvalue weighted by Crippen LogP contribution is -2.46. The summed E-state index contributed by atoms with van der Waals surface area (Å²) in [5.74, 6) is 0.210. The van der Waals surface area contributed by atoms with Gasteiger partial charge < -0.3 is 15.0 Å². The van der Waals surface area contributed by atoms with Crippen molar-refractivity contribution in [3.05, 3.63) is 41.6 Å². The molecule has 1 aromatic carbocycles. The maximum atomic E-state index is 13.0. The second kappa shape index (κ2) is 10.5. The molecule has 0 unspecified atom stereocenters. The van der Waals surface area contributed by atoms with Crippen LogP contribution in [0.3, 0.4) is 0 Å². The number of hydrogen-bond acceptors (Lipinski definition) is 4. The van der Waals surface area contributed by atoms with Crippen LogP contribution in [-0.4, -0.2) is 59.2 Å². The molecule has 0 aliphatic carbocycles. The molecule has 1 aromatic heterocycles. The summed E-state index contributed by atoms with van der Waals surface area (Å²) < 4.78 is 6.85. The van der Waals surface area contributed by atoms with Crippen molar-refractivity contribution in [2.75, 3.05) is 38.0 Å². The molecule has 8 heteroatoms. The van der Waals surface area contributed by atoms with E-state index in [-0.39, 0.29) is 29.7 Å². The summed E-state index contributed by atoms with van der Waals surface area (Å²) in [6.45, 7) is 12.3. The molecule has 0 bridgehead atoms. The first kappa shape index (κ1) is 25.9. The lowest BCUT2D eigenvalue weighted by atomic mass is 9.92. The average molecular weight is 463 g/mol.